The molecule has 52 valence electrons. The molecule has 4 heteroatoms. The van der Waals surface area contributed by atoms with E-state index in [1.807, 2.05) is 0 Å². The minimum atomic E-state index is -0.963. The number of rotatable bonds is 2. The van der Waals surface area contributed by atoms with Crippen LogP contribution in [0.15, 0.2) is 18.6 Å². The highest BCUT2D eigenvalue weighted by Gasteiger charge is 1.87. The average molecular weight is 141 g/mol. The zero-order valence-electron chi connectivity index (χ0n) is 5.11. The van der Waals surface area contributed by atoms with Crippen molar-refractivity contribution >= 4 is 12.0 Å². The Hall–Kier alpha value is -1.58. The molecule has 2 N–H and O–H groups in total. The Morgan fingerprint density at radius 1 is 1.80 bits per heavy atom. The Morgan fingerprint density at radius 2 is 2.60 bits per heavy atom. The van der Waals surface area contributed by atoms with Gasteiger partial charge in [-0.25, -0.2) is 9.78 Å². The fraction of sp³-hybridized carbons (Fsp3) is 0. The summed E-state index contributed by atoms with van der Waals surface area (Å²) in [5, 5.41) is 8.19. The molecule has 0 bridgehead atoms. The van der Waals surface area contributed by atoms with Crippen LogP contribution in [0.1, 0.15) is 5.69 Å². The van der Waals surface area contributed by atoms with Crippen LogP contribution in [0.5, 0.6) is 0 Å². The molecule has 10 heavy (non-hydrogen) atoms. The molecule has 1 aromatic heterocycles. The highest BCUT2D eigenvalue weighted by Crippen LogP contribution is 1.92. The Balaban J connectivity index is 2.64. The van der Waals surface area contributed by atoms with E-state index in [4.69, 9.17) is 5.11 Å². The lowest BCUT2D eigenvalue weighted by Crippen LogP contribution is -1.85. The predicted molar refractivity (Wildman–Crippen MR) is 35.3 cm³/mol. The van der Waals surface area contributed by atoms with Crippen LogP contribution in [0, 0.1) is 0 Å². The Bertz CT molecular complexity index is 238. The molecule has 1 heterocycles. The molecule has 0 radical (unpaired) electrons. The van der Waals surface area contributed by atoms with E-state index in [-0.39, 0.29) is 0 Å². The Kier molecular flexibility index (Phi) is 1.84. The maximum atomic E-state index is 9.97. The number of nitrogens with one attached hydrogen (secondary N) is 1. The number of hydrogen-bond acceptors (Lipinski definition) is 2. The first-order valence-corrected chi connectivity index (χ1v) is 2.68. The Labute approximate surface area is 57.2 Å². The van der Waals surface area contributed by atoms with Crippen molar-refractivity contribution in [3.05, 3.63) is 24.3 Å². The number of carbonyl (C=O) groups is 1. The van der Waals surface area contributed by atoms with E-state index in [0.29, 0.717) is 5.69 Å². The van der Waals surface area contributed by atoms with Crippen molar-refractivity contribution in [1.82, 2.24) is 9.97 Å². The molecule has 0 atom stereocenters. The highest BCUT2D eigenvalue weighted by atomic mass is 16.5. The monoisotopic (exact) mass is 141 g/mol. The van der Waals surface area contributed by atoms with Crippen molar-refractivity contribution in [1.29, 1.82) is 0 Å². The third-order valence-corrected chi connectivity index (χ3v) is 0.925. The molecule has 4 nitrogen and oxygen atoms in total. The molecule has 0 amide bonds. The van der Waals surface area contributed by atoms with Crippen molar-refractivity contribution in [3.63, 3.8) is 0 Å². The molecular formula is C6H6N2O2. The van der Waals surface area contributed by atoms with Crippen LogP contribution in [-0.2, 0) is 4.79 Å². The molecule has 0 saturated heterocycles. The molecule has 1 rings (SSSR count). The number of imidazole rings is 1. The molecule has 0 spiro atoms. The van der Waals surface area contributed by atoms with Crippen LogP contribution in [0.2, 0.25) is 0 Å². The largest absolute Gasteiger partial charge is 0.478 e. The van der Waals surface area contributed by atoms with Gasteiger partial charge in [-0.2, -0.15) is 0 Å². The van der Waals surface area contributed by atoms with Gasteiger partial charge in [0.05, 0.1) is 18.2 Å². The lowest BCUT2D eigenvalue weighted by atomic mass is 10.7. The lowest BCUT2D eigenvalue weighted by Gasteiger charge is -1.79. The van der Waals surface area contributed by atoms with Crippen molar-refractivity contribution in [2.24, 2.45) is 0 Å². The van der Waals surface area contributed by atoms with E-state index < -0.39 is 5.97 Å². The minimum Gasteiger partial charge on any atom is -0.478 e. The van der Waals surface area contributed by atoms with Gasteiger partial charge in [0, 0.05) is 6.08 Å². The number of aliphatic carboxylic acids is 1. The van der Waals surface area contributed by atoms with Crippen LogP contribution in [0.25, 0.3) is 6.08 Å². The van der Waals surface area contributed by atoms with E-state index in [0.717, 1.165) is 6.08 Å². The smallest absolute Gasteiger partial charge is 0.328 e. The predicted octanol–water partition coefficient (Wildman–Crippen LogP) is 0.507. The molecule has 0 unspecified atom stereocenters. The van der Waals surface area contributed by atoms with Gasteiger partial charge in [-0.15, -0.1) is 0 Å². The summed E-state index contributed by atoms with van der Waals surface area (Å²) in [6.07, 6.45) is 5.52. The van der Waals surface area contributed by atoms with Crippen molar-refractivity contribution < 1.29 is 9.90 Å². The summed E-state index contributed by atoms with van der Waals surface area (Å²) in [4.78, 5) is 16.4. The van der Waals surface area contributed by atoms with Crippen molar-refractivity contribution in [3.8, 4) is 0 Å². The molecule has 1 aromatic rings. The second-order valence-electron chi connectivity index (χ2n) is 1.68. The van der Waals surface area contributed by atoms with Crippen LogP contribution in [0.4, 0.5) is 0 Å². The Morgan fingerprint density at radius 3 is 3.10 bits per heavy atom. The number of H-pyrrole nitrogens is 1. The molecule has 0 fully saturated rings. The SMILES string of the molecule is O=[13C](O)/[13CH]=[13CH]/c1cnc[nH]1. The summed E-state index contributed by atoms with van der Waals surface area (Å²) in [5.41, 5.74) is 0.683. The van der Waals surface area contributed by atoms with Crippen molar-refractivity contribution in [2.45, 2.75) is 0 Å². The number of aromatic amines is 1. The van der Waals surface area contributed by atoms with Gasteiger partial charge in [-0.05, 0) is 6.08 Å². The molecule has 0 saturated carbocycles. The zero-order chi connectivity index (χ0) is 7.40. The highest BCUT2D eigenvalue weighted by molar-refractivity contribution is 5.84. The maximum absolute atomic E-state index is 9.97. The van der Waals surface area contributed by atoms with E-state index in [1.54, 1.807) is 6.20 Å². The lowest BCUT2D eigenvalue weighted by molar-refractivity contribution is -0.131. The summed E-state index contributed by atoms with van der Waals surface area (Å²) in [5.74, 6) is -0.963. The molecular weight excluding hydrogens is 135 g/mol. The van der Waals surface area contributed by atoms with Gasteiger partial charge >= 0.3 is 5.97 Å². The second-order valence-corrected chi connectivity index (χ2v) is 1.68. The number of nitrogens with zero attached hydrogens (tertiary/aromatic N) is 1. The third kappa shape index (κ3) is 1.74. The quantitative estimate of drug-likeness (QED) is 0.465. The van der Waals surface area contributed by atoms with Gasteiger partial charge in [-0.1, -0.05) is 0 Å². The number of carboxylic acids is 1. The molecule has 0 aliphatic rings. The first kappa shape index (κ1) is 6.54. The van der Waals surface area contributed by atoms with Crippen LogP contribution < -0.4 is 0 Å². The minimum absolute atomic E-state index is 0.683. The number of carboxylic acid groups (broad SMARTS) is 1. The summed E-state index contributed by atoms with van der Waals surface area (Å²) in [6.45, 7) is 0. The summed E-state index contributed by atoms with van der Waals surface area (Å²) in [6, 6.07) is 0. The maximum Gasteiger partial charge on any atom is 0.328 e. The van der Waals surface area contributed by atoms with E-state index >= 15 is 0 Å². The summed E-state index contributed by atoms with van der Waals surface area (Å²) in [7, 11) is 0. The zero-order valence-corrected chi connectivity index (χ0v) is 5.11. The molecule has 0 aliphatic carbocycles. The van der Waals surface area contributed by atoms with Crippen LogP contribution in [-0.4, -0.2) is 21.0 Å². The van der Waals surface area contributed by atoms with Crippen LogP contribution >= 0.6 is 0 Å². The van der Waals surface area contributed by atoms with Gasteiger partial charge < -0.3 is 10.1 Å². The number of aromatic nitrogens is 2. The third-order valence-electron chi connectivity index (χ3n) is 0.925. The van der Waals surface area contributed by atoms with Gasteiger partial charge in [-0.3, -0.25) is 0 Å². The van der Waals surface area contributed by atoms with Crippen LogP contribution in [0.3, 0.4) is 0 Å². The van der Waals surface area contributed by atoms with Crippen molar-refractivity contribution in [2.75, 3.05) is 0 Å². The van der Waals surface area contributed by atoms with Gasteiger partial charge in [0.25, 0.3) is 0 Å². The standard InChI is InChI=1S/C6H6N2O2/c9-6(10)2-1-5-3-7-4-8-5/h1-4H,(H,7,8)(H,9,10)/b2-1+/i1+1,2+1,6+1. The summed E-state index contributed by atoms with van der Waals surface area (Å²) < 4.78 is 0. The fourth-order valence-electron chi connectivity index (χ4n) is 0.519. The second kappa shape index (κ2) is 2.82. The van der Waals surface area contributed by atoms with Gasteiger partial charge in [0.1, 0.15) is 0 Å². The normalized spacial score (nSPS) is 10.4. The topological polar surface area (TPSA) is 66.0 Å². The average Bonchev–Trinajstić information content (AvgIpc) is 2.34. The van der Waals surface area contributed by atoms with Gasteiger partial charge in [0.15, 0.2) is 0 Å². The summed E-state index contributed by atoms with van der Waals surface area (Å²) >= 11 is 0. The first-order chi connectivity index (χ1) is 4.79. The van der Waals surface area contributed by atoms with Gasteiger partial charge in [0.2, 0.25) is 0 Å². The molecule has 0 aromatic carbocycles. The van der Waals surface area contributed by atoms with E-state index in [1.165, 1.54) is 12.4 Å². The number of hydrogen-bond donors (Lipinski definition) is 2. The molecule has 0 aliphatic heterocycles. The van der Waals surface area contributed by atoms with E-state index in [2.05, 4.69) is 9.97 Å². The fourth-order valence-corrected chi connectivity index (χ4v) is 0.519. The van der Waals surface area contributed by atoms with E-state index in [9.17, 15) is 4.79 Å². The first-order valence-electron chi connectivity index (χ1n) is 2.68.